The molecular formula is C32H27Cl2N3O3S. The highest BCUT2D eigenvalue weighted by molar-refractivity contribution is 7.80. The number of aryl methyl sites for hydroxylation is 1. The first-order valence-electron chi connectivity index (χ1n) is 13.1. The molecule has 0 spiro atoms. The lowest BCUT2D eigenvalue weighted by atomic mass is 9.98. The minimum Gasteiger partial charge on any atom is -0.457 e. The van der Waals surface area contributed by atoms with Gasteiger partial charge in [-0.25, -0.2) is 4.98 Å². The summed E-state index contributed by atoms with van der Waals surface area (Å²) in [4.78, 5) is 17.2. The lowest BCUT2D eigenvalue weighted by Crippen LogP contribution is -2.33. The molecular weight excluding hydrogens is 577 g/mol. The van der Waals surface area contributed by atoms with Crippen LogP contribution in [0.2, 0.25) is 10.0 Å². The quantitative estimate of drug-likeness (QED) is 0.142. The van der Waals surface area contributed by atoms with Crippen LogP contribution in [0.5, 0.6) is 0 Å². The fourth-order valence-corrected chi connectivity index (χ4v) is 4.85. The van der Waals surface area contributed by atoms with Crippen LogP contribution in [0.25, 0.3) is 40.0 Å². The Balaban J connectivity index is 1.24. The second-order valence-electron chi connectivity index (χ2n) is 9.67. The number of anilines is 1. The van der Waals surface area contributed by atoms with Gasteiger partial charge in [-0.1, -0.05) is 55.2 Å². The van der Waals surface area contributed by atoms with Crippen molar-refractivity contribution in [3.05, 3.63) is 99.7 Å². The molecule has 1 amide bonds. The number of benzene rings is 3. The van der Waals surface area contributed by atoms with E-state index in [0.717, 1.165) is 34.3 Å². The predicted octanol–water partition coefficient (Wildman–Crippen LogP) is 9.41. The van der Waals surface area contributed by atoms with E-state index in [0.29, 0.717) is 38.9 Å². The SMILES string of the molecule is CCC(C)c1ccc2oc(-c3ccc(C)c(NC(=S)NC(=O)C=Cc4ccc(-c5cccc(Cl)c5Cl)o4)c3)nc2c1. The summed E-state index contributed by atoms with van der Waals surface area (Å²) in [6.07, 6.45) is 3.94. The Labute approximate surface area is 253 Å². The van der Waals surface area contributed by atoms with Gasteiger partial charge in [0, 0.05) is 22.9 Å². The highest BCUT2D eigenvalue weighted by Crippen LogP contribution is 2.34. The third kappa shape index (κ3) is 6.54. The minimum absolute atomic E-state index is 0.154. The number of nitrogens with zero attached hydrogens (tertiary/aromatic N) is 1. The monoisotopic (exact) mass is 603 g/mol. The van der Waals surface area contributed by atoms with E-state index in [1.165, 1.54) is 11.6 Å². The van der Waals surface area contributed by atoms with Crippen LogP contribution in [0.1, 0.15) is 43.1 Å². The first-order chi connectivity index (χ1) is 19.7. The van der Waals surface area contributed by atoms with Crippen molar-refractivity contribution >= 4 is 69.3 Å². The van der Waals surface area contributed by atoms with Crippen LogP contribution in [-0.4, -0.2) is 16.0 Å². The molecule has 2 N–H and O–H groups in total. The number of oxazole rings is 1. The van der Waals surface area contributed by atoms with Crippen LogP contribution in [-0.2, 0) is 4.79 Å². The topological polar surface area (TPSA) is 80.3 Å². The fraction of sp³-hybridized carbons (Fsp3) is 0.156. The van der Waals surface area contributed by atoms with Gasteiger partial charge in [-0.05, 0) is 97.2 Å². The fourth-order valence-electron chi connectivity index (χ4n) is 4.25. The second kappa shape index (κ2) is 12.3. The van der Waals surface area contributed by atoms with Crippen LogP contribution in [0.4, 0.5) is 5.69 Å². The first-order valence-corrected chi connectivity index (χ1v) is 14.2. The van der Waals surface area contributed by atoms with E-state index in [1.807, 2.05) is 37.3 Å². The average molecular weight is 605 g/mol. The van der Waals surface area contributed by atoms with Crippen molar-refractivity contribution in [2.45, 2.75) is 33.1 Å². The van der Waals surface area contributed by atoms with Crippen molar-refractivity contribution in [2.24, 2.45) is 0 Å². The summed E-state index contributed by atoms with van der Waals surface area (Å²) < 4.78 is 11.8. The highest BCUT2D eigenvalue weighted by atomic mass is 35.5. The van der Waals surface area contributed by atoms with Gasteiger partial charge in [0.25, 0.3) is 0 Å². The molecule has 1 atom stereocenters. The van der Waals surface area contributed by atoms with E-state index in [2.05, 4.69) is 36.6 Å². The zero-order valence-electron chi connectivity index (χ0n) is 22.6. The van der Waals surface area contributed by atoms with Gasteiger partial charge in [0.15, 0.2) is 10.7 Å². The number of amides is 1. The number of halogens is 2. The third-order valence-corrected chi connectivity index (χ3v) is 7.83. The van der Waals surface area contributed by atoms with E-state index in [9.17, 15) is 4.79 Å². The van der Waals surface area contributed by atoms with Crippen molar-refractivity contribution < 1.29 is 13.6 Å². The van der Waals surface area contributed by atoms with Gasteiger partial charge < -0.3 is 14.2 Å². The van der Waals surface area contributed by atoms with Crippen molar-refractivity contribution in [1.82, 2.24) is 10.3 Å². The maximum atomic E-state index is 12.5. The Morgan fingerprint density at radius 3 is 2.71 bits per heavy atom. The molecule has 0 radical (unpaired) electrons. The number of fused-ring (bicyclic) bond motifs is 1. The zero-order valence-corrected chi connectivity index (χ0v) is 25.0. The first kappa shape index (κ1) is 28.6. The molecule has 2 heterocycles. The number of thiocarbonyl (C=S) groups is 1. The number of carbonyl (C=O) groups excluding carboxylic acids is 1. The van der Waals surface area contributed by atoms with Crippen LogP contribution in [0.3, 0.4) is 0 Å². The molecule has 2 aromatic heterocycles. The molecule has 0 aliphatic carbocycles. The van der Waals surface area contributed by atoms with Gasteiger partial charge in [-0.2, -0.15) is 0 Å². The molecule has 0 saturated carbocycles. The lowest BCUT2D eigenvalue weighted by Gasteiger charge is -2.11. The molecule has 41 heavy (non-hydrogen) atoms. The van der Waals surface area contributed by atoms with E-state index in [1.54, 1.807) is 30.3 Å². The number of hydrogen-bond donors (Lipinski definition) is 2. The number of furan rings is 1. The molecule has 3 aromatic carbocycles. The number of nitrogens with one attached hydrogen (secondary N) is 2. The molecule has 0 aliphatic rings. The maximum absolute atomic E-state index is 12.5. The van der Waals surface area contributed by atoms with E-state index >= 15 is 0 Å². The Kier molecular flexibility index (Phi) is 8.59. The summed E-state index contributed by atoms with van der Waals surface area (Å²) in [5, 5.41) is 6.75. The number of hydrogen-bond acceptors (Lipinski definition) is 5. The van der Waals surface area contributed by atoms with Crippen molar-refractivity contribution in [3.63, 3.8) is 0 Å². The summed E-state index contributed by atoms with van der Waals surface area (Å²) in [6, 6.07) is 20.7. The highest BCUT2D eigenvalue weighted by Gasteiger charge is 2.14. The Morgan fingerprint density at radius 2 is 1.90 bits per heavy atom. The van der Waals surface area contributed by atoms with Gasteiger partial charge in [-0.3, -0.25) is 10.1 Å². The van der Waals surface area contributed by atoms with Crippen LogP contribution < -0.4 is 10.6 Å². The summed E-state index contributed by atoms with van der Waals surface area (Å²) in [5.74, 6) is 1.57. The molecule has 1 unspecified atom stereocenters. The maximum Gasteiger partial charge on any atom is 0.250 e. The molecule has 9 heteroatoms. The molecule has 0 aliphatic heterocycles. The number of carbonyl (C=O) groups is 1. The van der Waals surface area contributed by atoms with Gasteiger partial charge in [-0.15, -0.1) is 0 Å². The van der Waals surface area contributed by atoms with Gasteiger partial charge in [0.2, 0.25) is 11.8 Å². The minimum atomic E-state index is -0.411. The van der Waals surface area contributed by atoms with E-state index in [-0.39, 0.29) is 5.11 Å². The largest absolute Gasteiger partial charge is 0.457 e. The number of aromatic nitrogens is 1. The van der Waals surface area contributed by atoms with Crippen LogP contribution in [0.15, 0.2) is 81.6 Å². The molecule has 0 bridgehead atoms. The smallest absolute Gasteiger partial charge is 0.250 e. The lowest BCUT2D eigenvalue weighted by molar-refractivity contribution is -0.115. The zero-order chi connectivity index (χ0) is 29.1. The van der Waals surface area contributed by atoms with E-state index in [4.69, 9.17) is 49.2 Å². The van der Waals surface area contributed by atoms with Crippen LogP contribution >= 0.6 is 35.4 Å². The summed E-state index contributed by atoms with van der Waals surface area (Å²) in [7, 11) is 0. The molecule has 0 fully saturated rings. The molecule has 208 valence electrons. The average Bonchev–Trinajstić information content (AvgIpc) is 3.61. The number of rotatable bonds is 7. The Hall–Kier alpha value is -3.91. The third-order valence-electron chi connectivity index (χ3n) is 6.81. The molecule has 5 rings (SSSR count). The molecule has 6 nitrogen and oxygen atoms in total. The van der Waals surface area contributed by atoms with Gasteiger partial charge >= 0.3 is 0 Å². The second-order valence-corrected chi connectivity index (χ2v) is 10.9. The van der Waals surface area contributed by atoms with Crippen molar-refractivity contribution in [1.29, 1.82) is 0 Å². The van der Waals surface area contributed by atoms with Crippen molar-refractivity contribution in [2.75, 3.05) is 5.32 Å². The normalized spacial score (nSPS) is 12.1. The molecule has 5 aromatic rings. The van der Waals surface area contributed by atoms with E-state index < -0.39 is 5.91 Å². The Morgan fingerprint density at radius 1 is 1.07 bits per heavy atom. The van der Waals surface area contributed by atoms with Crippen molar-refractivity contribution in [3.8, 4) is 22.8 Å². The summed E-state index contributed by atoms with van der Waals surface area (Å²) >= 11 is 17.8. The Bertz CT molecular complexity index is 1790. The van der Waals surface area contributed by atoms with Gasteiger partial charge in [0.1, 0.15) is 17.0 Å². The predicted molar refractivity (Wildman–Crippen MR) is 170 cm³/mol. The summed E-state index contributed by atoms with van der Waals surface area (Å²) in [6.45, 7) is 6.31. The summed E-state index contributed by atoms with van der Waals surface area (Å²) in [5.41, 5.74) is 5.92. The standard InChI is InChI=1S/C32H27Cl2N3O3S/c1-4-18(2)20-10-13-28-26(16-20)35-31(40-28)21-9-8-19(3)25(17-21)36-32(41)37-29(38)15-12-22-11-14-27(39-22)23-6-5-7-24(33)30(23)34/h5-18H,4H2,1-3H3,(H2,36,37,38,41). The van der Waals surface area contributed by atoms with Crippen LogP contribution in [0, 0.1) is 6.92 Å². The van der Waals surface area contributed by atoms with Gasteiger partial charge in [0.05, 0.1) is 10.0 Å². The molecule has 0 saturated heterocycles.